The second kappa shape index (κ2) is 7.62. The second-order valence-corrected chi connectivity index (χ2v) is 4.28. The van der Waals surface area contributed by atoms with Crippen molar-refractivity contribution in [1.82, 2.24) is 5.32 Å². The Morgan fingerprint density at radius 1 is 1.25 bits per heavy atom. The number of furan rings is 1. The van der Waals surface area contributed by atoms with E-state index in [1.807, 2.05) is 18.2 Å². The van der Waals surface area contributed by atoms with Crippen molar-refractivity contribution < 1.29 is 13.5 Å². The van der Waals surface area contributed by atoms with Gasteiger partial charge in [-0.3, -0.25) is 0 Å². The molecule has 2 aromatic rings. The summed E-state index contributed by atoms with van der Waals surface area (Å²) in [5, 5.41) is 3.19. The lowest BCUT2D eigenvalue weighted by Crippen LogP contribution is -2.18. The Morgan fingerprint density at radius 3 is 2.90 bits per heavy atom. The van der Waals surface area contributed by atoms with Crippen molar-refractivity contribution in [3.8, 4) is 11.3 Å². The molecular weight excluding hydrogens is 257 g/mol. The molecule has 0 bridgehead atoms. The molecule has 0 amide bonds. The third-order valence-corrected chi connectivity index (χ3v) is 2.79. The zero-order valence-electron chi connectivity index (χ0n) is 11.4. The van der Waals surface area contributed by atoms with Gasteiger partial charge < -0.3 is 14.5 Å². The molecule has 0 aliphatic carbocycles. The summed E-state index contributed by atoms with van der Waals surface area (Å²) >= 11 is 0. The Kier molecular flexibility index (Phi) is 5.53. The van der Waals surface area contributed by atoms with Crippen LogP contribution in [-0.2, 0) is 4.74 Å². The average Bonchev–Trinajstić information content (AvgIpc) is 2.92. The van der Waals surface area contributed by atoms with Crippen molar-refractivity contribution in [2.45, 2.75) is 0 Å². The Labute approximate surface area is 118 Å². The molecule has 20 heavy (non-hydrogen) atoms. The number of nitrogens with one attached hydrogen (secondary N) is 1. The van der Waals surface area contributed by atoms with E-state index in [1.54, 1.807) is 31.4 Å². The fourth-order valence-electron chi connectivity index (χ4n) is 1.78. The van der Waals surface area contributed by atoms with Crippen LogP contribution in [0.5, 0.6) is 0 Å². The van der Waals surface area contributed by atoms with Crippen LogP contribution in [0.2, 0.25) is 0 Å². The molecule has 0 spiro atoms. The van der Waals surface area contributed by atoms with Gasteiger partial charge in [0.2, 0.25) is 0 Å². The van der Waals surface area contributed by atoms with Crippen LogP contribution in [0.4, 0.5) is 4.39 Å². The molecule has 2 rings (SSSR count). The maximum absolute atomic E-state index is 13.6. The van der Waals surface area contributed by atoms with Gasteiger partial charge in [-0.15, -0.1) is 0 Å². The highest BCUT2D eigenvalue weighted by atomic mass is 19.1. The molecule has 106 valence electrons. The van der Waals surface area contributed by atoms with Gasteiger partial charge in [-0.25, -0.2) is 4.39 Å². The van der Waals surface area contributed by atoms with Gasteiger partial charge in [0.25, 0.3) is 0 Å². The lowest BCUT2D eigenvalue weighted by atomic mass is 10.1. The standard InChI is InChI=1S/C16H18FNO2/c1-19-12-11-18-10-4-5-13-8-9-16(20-13)14-6-2-3-7-15(14)17/h2-9,18H,10-12H2,1H3. The van der Waals surface area contributed by atoms with Gasteiger partial charge in [-0.05, 0) is 30.3 Å². The molecule has 0 radical (unpaired) electrons. The van der Waals surface area contributed by atoms with E-state index in [-0.39, 0.29) is 5.82 Å². The van der Waals surface area contributed by atoms with Crippen molar-refractivity contribution in [2.75, 3.05) is 26.8 Å². The number of methoxy groups -OCH3 is 1. The zero-order valence-corrected chi connectivity index (χ0v) is 11.4. The van der Waals surface area contributed by atoms with Gasteiger partial charge in [-0.2, -0.15) is 0 Å². The minimum absolute atomic E-state index is 0.279. The first kappa shape index (κ1) is 14.5. The monoisotopic (exact) mass is 275 g/mol. The number of benzene rings is 1. The average molecular weight is 275 g/mol. The van der Waals surface area contributed by atoms with Gasteiger partial charge in [0.1, 0.15) is 17.3 Å². The summed E-state index contributed by atoms with van der Waals surface area (Å²) in [4.78, 5) is 0. The highest BCUT2D eigenvalue weighted by Gasteiger charge is 2.07. The topological polar surface area (TPSA) is 34.4 Å². The molecule has 0 fully saturated rings. The maximum Gasteiger partial charge on any atom is 0.137 e. The molecular formula is C16H18FNO2. The van der Waals surface area contributed by atoms with Crippen LogP contribution < -0.4 is 5.32 Å². The van der Waals surface area contributed by atoms with E-state index in [9.17, 15) is 4.39 Å². The molecule has 1 N–H and O–H groups in total. The number of hydrogen-bond donors (Lipinski definition) is 1. The summed E-state index contributed by atoms with van der Waals surface area (Å²) < 4.78 is 24.1. The van der Waals surface area contributed by atoms with Crippen molar-refractivity contribution in [3.63, 3.8) is 0 Å². The number of hydrogen-bond acceptors (Lipinski definition) is 3. The molecule has 0 saturated heterocycles. The summed E-state index contributed by atoms with van der Waals surface area (Å²) in [5.74, 6) is 0.963. The van der Waals surface area contributed by atoms with Crippen LogP contribution in [-0.4, -0.2) is 26.8 Å². The first-order valence-corrected chi connectivity index (χ1v) is 6.52. The summed E-state index contributed by atoms with van der Waals surface area (Å²) in [6.45, 7) is 2.23. The van der Waals surface area contributed by atoms with Gasteiger partial charge in [0.15, 0.2) is 0 Å². The molecule has 1 aromatic carbocycles. The molecule has 1 heterocycles. The molecule has 0 unspecified atom stereocenters. The minimum Gasteiger partial charge on any atom is -0.457 e. The van der Waals surface area contributed by atoms with Gasteiger partial charge in [0, 0.05) is 20.2 Å². The Bertz CT molecular complexity index is 563. The fourth-order valence-corrected chi connectivity index (χ4v) is 1.78. The van der Waals surface area contributed by atoms with Crippen LogP contribution in [0, 0.1) is 5.82 Å². The first-order chi connectivity index (χ1) is 9.81. The lowest BCUT2D eigenvalue weighted by Gasteiger charge is -1.99. The normalized spacial score (nSPS) is 11.3. The Hall–Kier alpha value is -1.91. The maximum atomic E-state index is 13.6. The predicted octanol–water partition coefficient (Wildman–Crippen LogP) is 3.33. The Morgan fingerprint density at radius 2 is 2.10 bits per heavy atom. The quantitative estimate of drug-likeness (QED) is 0.787. The summed E-state index contributed by atoms with van der Waals surface area (Å²) in [5.41, 5.74) is 0.477. The van der Waals surface area contributed by atoms with E-state index < -0.39 is 0 Å². The molecule has 0 saturated carbocycles. The van der Waals surface area contributed by atoms with E-state index in [0.717, 1.165) is 13.1 Å². The second-order valence-electron chi connectivity index (χ2n) is 4.28. The lowest BCUT2D eigenvalue weighted by molar-refractivity contribution is 0.200. The number of rotatable bonds is 7. The highest BCUT2D eigenvalue weighted by Crippen LogP contribution is 2.25. The van der Waals surface area contributed by atoms with Crippen LogP contribution in [0.3, 0.4) is 0 Å². The van der Waals surface area contributed by atoms with Crippen LogP contribution in [0.15, 0.2) is 46.9 Å². The summed E-state index contributed by atoms with van der Waals surface area (Å²) in [6.07, 6.45) is 3.82. The van der Waals surface area contributed by atoms with Crippen molar-refractivity contribution in [1.29, 1.82) is 0 Å². The fraction of sp³-hybridized carbons (Fsp3) is 0.250. The van der Waals surface area contributed by atoms with Crippen LogP contribution in [0.1, 0.15) is 5.76 Å². The van der Waals surface area contributed by atoms with E-state index in [2.05, 4.69) is 5.32 Å². The van der Waals surface area contributed by atoms with Crippen molar-refractivity contribution >= 4 is 6.08 Å². The summed E-state index contributed by atoms with van der Waals surface area (Å²) in [7, 11) is 1.67. The molecule has 0 atom stereocenters. The predicted molar refractivity (Wildman–Crippen MR) is 77.9 cm³/mol. The van der Waals surface area contributed by atoms with E-state index in [1.165, 1.54) is 6.07 Å². The zero-order chi connectivity index (χ0) is 14.2. The van der Waals surface area contributed by atoms with Gasteiger partial charge in [-0.1, -0.05) is 18.2 Å². The molecule has 0 aliphatic heterocycles. The van der Waals surface area contributed by atoms with Crippen LogP contribution >= 0.6 is 0 Å². The highest BCUT2D eigenvalue weighted by molar-refractivity contribution is 5.60. The molecule has 4 heteroatoms. The third-order valence-electron chi connectivity index (χ3n) is 2.79. The van der Waals surface area contributed by atoms with E-state index in [0.29, 0.717) is 23.7 Å². The largest absolute Gasteiger partial charge is 0.457 e. The van der Waals surface area contributed by atoms with Crippen molar-refractivity contribution in [3.05, 3.63) is 54.1 Å². The smallest absolute Gasteiger partial charge is 0.137 e. The first-order valence-electron chi connectivity index (χ1n) is 6.52. The molecule has 3 nitrogen and oxygen atoms in total. The van der Waals surface area contributed by atoms with E-state index in [4.69, 9.17) is 9.15 Å². The van der Waals surface area contributed by atoms with Crippen molar-refractivity contribution in [2.24, 2.45) is 0 Å². The Balaban J connectivity index is 1.93. The van der Waals surface area contributed by atoms with Gasteiger partial charge in [0.05, 0.1) is 12.2 Å². The molecule has 0 aliphatic rings. The summed E-state index contributed by atoms with van der Waals surface area (Å²) in [6, 6.07) is 10.2. The van der Waals surface area contributed by atoms with Crippen LogP contribution in [0.25, 0.3) is 17.4 Å². The van der Waals surface area contributed by atoms with Gasteiger partial charge >= 0.3 is 0 Å². The third kappa shape index (κ3) is 4.05. The van der Waals surface area contributed by atoms with E-state index >= 15 is 0 Å². The number of ether oxygens (including phenoxy) is 1. The SMILES string of the molecule is COCCNCC=Cc1ccc(-c2ccccc2F)o1. The minimum atomic E-state index is -0.279. The molecule has 1 aromatic heterocycles. The number of halogens is 1.